The molecule has 1 saturated heterocycles. The second kappa shape index (κ2) is 8.86. The molecular weight excluding hydrogens is 386 g/mol. The van der Waals surface area contributed by atoms with Crippen LogP contribution in [-0.4, -0.2) is 32.7 Å². The molecule has 5 rings (SSSR count). The molecule has 31 heavy (non-hydrogen) atoms. The van der Waals surface area contributed by atoms with Crippen LogP contribution >= 0.6 is 0 Å². The van der Waals surface area contributed by atoms with E-state index in [0.717, 1.165) is 25.9 Å². The Morgan fingerprint density at radius 3 is 2.35 bits per heavy atom. The molecule has 155 valence electrons. The lowest BCUT2D eigenvalue weighted by Crippen LogP contribution is -2.18. The van der Waals surface area contributed by atoms with Crippen LogP contribution in [0.4, 0.5) is 5.82 Å². The molecule has 1 aliphatic heterocycles. The Balaban J connectivity index is 1.46. The summed E-state index contributed by atoms with van der Waals surface area (Å²) in [6, 6.07) is 20.8. The van der Waals surface area contributed by atoms with Gasteiger partial charge in [-0.05, 0) is 30.4 Å². The summed E-state index contributed by atoms with van der Waals surface area (Å²) in [5, 5.41) is 3.45. The Morgan fingerprint density at radius 2 is 1.71 bits per heavy atom. The fourth-order valence-electron chi connectivity index (χ4n) is 4.19. The third-order valence-electron chi connectivity index (χ3n) is 5.76. The fraction of sp³-hybridized carbons (Fsp3) is 0.280. The average molecular weight is 411 g/mol. The standard InChI is InChI=1S/C25H24N5O/c1-18-28-24(23-25(29-18)30(17-27-23)22-14-8-9-15-31-22)26-16-21(19-10-4-2-5-11-19)20-12-6-3-7-13-20/h2-7,10-13,17,21-22H,8-9,14-16H2,(H,26,28,29). The van der Waals surface area contributed by atoms with Crippen molar-refractivity contribution in [1.82, 2.24) is 19.5 Å². The number of fused-ring (bicyclic) bond motifs is 1. The number of benzene rings is 2. The second-order valence-corrected chi connectivity index (χ2v) is 7.80. The minimum Gasteiger partial charge on any atom is -0.367 e. The highest BCUT2D eigenvalue weighted by Gasteiger charge is 2.21. The van der Waals surface area contributed by atoms with Crippen LogP contribution in [0.5, 0.6) is 0 Å². The molecule has 1 unspecified atom stereocenters. The third-order valence-corrected chi connectivity index (χ3v) is 5.76. The summed E-state index contributed by atoms with van der Waals surface area (Å²) in [7, 11) is 0. The molecule has 3 heterocycles. The van der Waals surface area contributed by atoms with Gasteiger partial charge in [-0.1, -0.05) is 60.7 Å². The summed E-state index contributed by atoms with van der Waals surface area (Å²) >= 11 is 0. The van der Waals surface area contributed by atoms with Crippen LogP contribution in [0, 0.1) is 6.92 Å². The number of anilines is 1. The number of imidazole rings is 1. The van der Waals surface area contributed by atoms with Gasteiger partial charge in [0.2, 0.25) is 0 Å². The molecule has 0 bridgehead atoms. The van der Waals surface area contributed by atoms with E-state index >= 15 is 0 Å². The van der Waals surface area contributed by atoms with Gasteiger partial charge < -0.3 is 10.1 Å². The lowest BCUT2D eigenvalue weighted by molar-refractivity contribution is -0.0298. The molecule has 0 amide bonds. The Kier molecular flexibility index (Phi) is 5.63. The van der Waals surface area contributed by atoms with E-state index < -0.39 is 0 Å². The van der Waals surface area contributed by atoms with Crippen molar-refractivity contribution < 1.29 is 4.74 Å². The molecular formula is C25H24N5O. The molecule has 0 spiro atoms. The maximum atomic E-state index is 8.14. The van der Waals surface area contributed by atoms with Gasteiger partial charge in [0.15, 0.2) is 17.0 Å². The van der Waals surface area contributed by atoms with Crippen molar-refractivity contribution in [2.75, 3.05) is 18.5 Å². The van der Waals surface area contributed by atoms with Crippen LogP contribution in [0.3, 0.4) is 0 Å². The van der Waals surface area contributed by atoms with E-state index in [0.29, 0.717) is 23.5 Å². The molecule has 2 aromatic carbocycles. The highest BCUT2D eigenvalue weighted by molar-refractivity contribution is 5.83. The van der Waals surface area contributed by atoms with E-state index in [-0.39, 0.29) is 18.0 Å². The van der Waals surface area contributed by atoms with Gasteiger partial charge >= 0.3 is 0 Å². The molecule has 2 aromatic heterocycles. The molecule has 6 heteroatoms. The van der Waals surface area contributed by atoms with E-state index in [2.05, 4.69) is 68.8 Å². The Morgan fingerprint density at radius 1 is 1.00 bits per heavy atom. The van der Waals surface area contributed by atoms with Gasteiger partial charge in [0, 0.05) is 19.1 Å². The highest BCUT2D eigenvalue weighted by atomic mass is 16.5. The van der Waals surface area contributed by atoms with Crippen molar-refractivity contribution >= 4 is 17.0 Å². The van der Waals surface area contributed by atoms with E-state index in [1.54, 1.807) is 6.33 Å². The molecule has 1 aliphatic rings. The predicted octanol–water partition coefficient (Wildman–Crippen LogP) is 4.71. The first-order chi connectivity index (χ1) is 15.3. The van der Waals surface area contributed by atoms with Crippen molar-refractivity contribution in [3.8, 4) is 0 Å². The molecule has 1 fully saturated rings. The van der Waals surface area contributed by atoms with E-state index in [4.69, 9.17) is 11.7 Å². The normalized spacial score (nSPS) is 16.6. The predicted molar refractivity (Wildman–Crippen MR) is 120 cm³/mol. The number of rotatable bonds is 6. The smallest absolute Gasteiger partial charge is 0.167 e. The summed E-state index contributed by atoms with van der Waals surface area (Å²) in [6.07, 6.45) is 4.79. The monoisotopic (exact) mass is 410 g/mol. The van der Waals surface area contributed by atoms with Gasteiger partial charge in [-0.15, -0.1) is 0 Å². The first-order valence-corrected chi connectivity index (χ1v) is 10.7. The van der Waals surface area contributed by atoms with Gasteiger partial charge in [0.05, 0.1) is 13.3 Å². The summed E-state index contributed by atoms with van der Waals surface area (Å²) in [5.74, 6) is 0.704. The van der Waals surface area contributed by atoms with E-state index in [1.165, 1.54) is 11.1 Å². The molecule has 0 aliphatic carbocycles. The number of nitrogens with one attached hydrogen (secondary N) is 1. The molecule has 3 radical (unpaired) electrons. The summed E-state index contributed by atoms with van der Waals surface area (Å²) in [4.78, 5) is 13.3. The number of aromatic nitrogens is 4. The van der Waals surface area contributed by atoms with Crippen molar-refractivity contribution in [3.05, 3.63) is 90.9 Å². The average Bonchev–Trinajstić information content (AvgIpc) is 3.25. The third kappa shape index (κ3) is 4.16. The number of hydrogen-bond acceptors (Lipinski definition) is 5. The lowest BCUT2D eigenvalue weighted by atomic mass is 9.91. The van der Waals surface area contributed by atoms with Gasteiger partial charge in [-0.2, -0.15) is 0 Å². The van der Waals surface area contributed by atoms with E-state index in [9.17, 15) is 0 Å². The molecule has 1 atom stereocenters. The maximum Gasteiger partial charge on any atom is 0.167 e. The van der Waals surface area contributed by atoms with Crippen LogP contribution in [0.25, 0.3) is 11.2 Å². The Labute approximate surface area is 182 Å². The van der Waals surface area contributed by atoms with Crippen molar-refractivity contribution in [1.29, 1.82) is 0 Å². The zero-order valence-electron chi connectivity index (χ0n) is 17.2. The van der Waals surface area contributed by atoms with Gasteiger partial charge in [0.25, 0.3) is 0 Å². The van der Waals surface area contributed by atoms with Crippen molar-refractivity contribution in [2.24, 2.45) is 0 Å². The van der Waals surface area contributed by atoms with Crippen LogP contribution in [-0.2, 0) is 4.74 Å². The van der Waals surface area contributed by atoms with Crippen molar-refractivity contribution in [2.45, 2.75) is 31.4 Å². The molecule has 0 saturated carbocycles. The van der Waals surface area contributed by atoms with E-state index in [1.807, 2.05) is 16.7 Å². The quantitative estimate of drug-likeness (QED) is 0.499. The number of ether oxygens (including phenoxy) is 1. The van der Waals surface area contributed by atoms with Crippen molar-refractivity contribution in [3.63, 3.8) is 0 Å². The number of hydrogen-bond donors (Lipinski definition) is 1. The van der Waals surface area contributed by atoms with Crippen LogP contribution in [0.2, 0.25) is 0 Å². The van der Waals surface area contributed by atoms with Gasteiger partial charge in [0.1, 0.15) is 12.1 Å². The van der Waals surface area contributed by atoms with Gasteiger partial charge in [-0.25, -0.2) is 15.0 Å². The minimum atomic E-state index is -0.0812. The molecule has 6 nitrogen and oxygen atoms in total. The second-order valence-electron chi connectivity index (χ2n) is 7.80. The minimum absolute atomic E-state index is 0.0245. The lowest BCUT2D eigenvalue weighted by Gasteiger charge is -2.24. The topological polar surface area (TPSA) is 64.9 Å². The van der Waals surface area contributed by atoms with Crippen LogP contribution in [0.15, 0.2) is 67.0 Å². The number of nitrogens with zero attached hydrogens (tertiary/aromatic N) is 4. The van der Waals surface area contributed by atoms with Crippen LogP contribution < -0.4 is 5.32 Å². The van der Waals surface area contributed by atoms with Crippen LogP contribution in [0.1, 0.15) is 48.4 Å². The zero-order chi connectivity index (χ0) is 21.0. The SMILES string of the molecule is [C]c1nc(NCC(c2ccccc2)c2ccccc2)c2ncn(C3CCCCO3)c2n1. The summed E-state index contributed by atoms with van der Waals surface area (Å²) in [5.41, 5.74) is 3.76. The van der Waals surface area contributed by atoms with Gasteiger partial charge in [-0.3, -0.25) is 4.57 Å². The Hall–Kier alpha value is -3.25. The largest absolute Gasteiger partial charge is 0.367 e. The first kappa shape index (κ1) is 19.7. The summed E-state index contributed by atoms with van der Waals surface area (Å²) in [6.45, 7) is 9.51. The molecule has 4 aromatic rings. The molecule has 1 N–H and O–H groups in total. The Bertz CT molecular complexity index is 1100. The maximum absolute atomic E-state index is 8.14. The summed E-state index contributed by atoms with van der Waals surface area (Å²) < 4.78 is 7.84. The fourth-order valence-corrected chi connectivity index (χ4v) is 4.19. The first-order valence-electron chi connectivity index (χ1n) is 10.7. The highest BCUT2D eigenvalue weighted by Crippen LogP contribution is 2.29. The zero-order valence-corrected chi connectivity index (χ0v) is 17.2.